The molecular formula is C12H24O6. The zero-order valence-corrected chi connectivity index (χ0v) is 11.7. The molecule has 6 nitrogen and oxygen atoms in total. The minimum atomic E-state index is -1.26. The van der Waals surface area contributed by atoms with Crippen molar-refractivity contribution in [3.63, 3.8) is 0 Å². The number of rotatable bonds is 7. The van der Waals surface area contributed by atoms with Gasteiger partial charge in [-0.05, 0) is 20.3 Å². The standard InChI is InChI=1S/C8H16O4.C4H8O2/c1-4-5-6-11-12-8(2,3)7(9)10;1-3(2)4(5)6/h4-6H2,1-3H3,(H,9,10);3H,1-2H3,(H,5,6). The Balaban J connectivity index is 0. The SMILES string of the molecule is CC(C)C(=O)O.CCCCOOC(C)(C)C(=O)O. The van der Waals surface area contributed by atoms with Crippen molar-refractivity contribution in [1.29, 1.82) is 0 Å². The van der Waals surface area contributed by atoms with Crippen molar-refractivity contribution >= 4 is 11.9 Å². The Morgan fingerprint density at radius 2 is 1.67 bits per heavy atom. The van der Waals surface area contributed by atoms with Crippen LogP contribution in [0.15, 0.2) is 0 Å². The molecule has 0 bridgehead atoms. The summed E-state index contributed by atoms with van der Waals surface area (Å²) in [4.78, 5) is 29.6. The average Bonchev–Trinajstić information content (AvgIpc) is 2.25. The minimum absolute atomic E-state index is 0.231. The van der Waals surface area contributed by atoms with E-state index in [1.807, 2.05) is 6.92 Å². The average molecular weight is 264 g/mol. The summed E-state index contributed by atoms with van der Waals surface area (Å²) in [5, 5.41) is 16.6. The normalized spacial score (nSPS) is 10.8. The van der Waals surface area contributed by atoms with E-state index in [1.165, 1.54) is 13.8 Å². The molecule has 18 heavy (non-hydrogen) atoms. The van der Waals surface area contributed by atoms with Crippen LogP contribution in [0.5, 0.6) is 0 Å². The molecule has 0 aliphatic carbocycles. The first-order valence-electron chi connectivity index (χ1n) is 5.92. The molecular weight excluding hydrogens is 240 g/mol. The van der Waals surface area contributed by atoms with Crippen LogP contribution in [0.2, 0.25) is 0 Å². The van der Waals surface area contributed by atoms with E-state index in [-0.39, 0.29) is 5.92 Å². The molecule has 0 aromatic rings. The summed E-state index contributed by atoms with van der Waals surface area (Å²) < 4.78 is 0. The van der Waals surface area contributed by atoms with Crippen LogP contribution in [0.3, 0.4) is 0 Å². The number of carbonyl (C=O) groups is 2. The first-order valence-corrected chi connectivity index (χ1v) is 5.92. The maximum atomic E-state index is 10.5. The first-order chi connectivity index (χ1) is 8.15. The lowest BCUT2D eigenvalue weighted by atomic mass is 10.1. The minimum Gasteiger partial charge on any atom is -0.481 e. The monoisotopic (exact) mass is 264 g/mol. The van der Waals surface area contributed by atoms with Gasteiger partial charge in [-0.3, -0.25) is 4.79 Å². The van der Waals surface area contributed by atoms with E-state index in [2.05, 4.69) is 0 Å². The zero-order chi connectivity index (χ0) is 14.8. The quantitative estimate of drug-likeness (QED) is 0.416. The molecule has 0 aliphatic heterocycles. The Morgan fingerprint density at radius 3 is 1.94 bits per heavy atom. The van der Waals surface area contributed by atoms with Crippen molar-refractivity contribution in [2.45, 2.75) is 53.1 Å². The number of hydrogen-bond donors (Lipinski definition) is 2. The Bertz CT molecular complexity index is 247. The fraction of sp³-hybridized carbons (Fsp3) is 0.833. The highest BCUT2D eigenvalue weighted by Crippen LogP contribution is 2.09. The highest BCUT2D eigenvalue weighted by molar-refractivity contribution is 5.76. The number of carboxylic acids is 2. The lowest BCUT2D eigenvalue weighted by Gasteiger charge is -2.17. The zero-order valence-electron chi connectivity index (χ0n) is 11.7. The Morgan fingerprint density at radius 1 is 1.22 bits per heavy atom. The summed E-state index contributed by atoms with van der Waals surface area (Å²) in [6, 6.07) is 0. The number of aliphatic carboxylic acids is 2. The second-order valence-electron chi connectivity index (χ2n) is 4.57. The molecule has 0 rings (SSSR count). The van der Waals surface area contributed by atoms with Gasteiger partial charge in [0.2, 0.25) is 0 Å². The highest BCUT2D eigenvalue weighted by Gasteiger charge is 2.29. The molecule has 6 heteroatoms. The van der Waals surface area contributed by atoms with Gasteiger partial charge in [0, 0.05) is 0 Å². The van der Waals surface area contributed by atoms with Crippen molar-refractivity contribution in [2.75, 3.05) is 6.61 Å². The van der Waals surface area contributed by atoms with Crippen LogP contribution < -0.4 is 0 Å². The molecule has 0 heterocycles. The maximum absolute atomic E-state index is 10.5. The maximum Gasteiger partial charge on any atom is 0.338 e. The number of unbranched alkanes of at least 4 members (excludes halogenated alkanes) is 1. The van der Waals surface area contributed by atoms with Crippen molar-refractivity contribution in [2.24, 2.45) is 5.92 Å². The van der Waals surface area contributed by atoms with E-state index in [4.69, 9.17) is 20.0 Å². The Hall–Kier alpha value is -1.14. The largest absolute Gasteiger partial charge is 0.481 e. The molecule has 0 spiro atoms. The van der Waals surface area contributed by atoms with Crippen LogP contribution in [0.1, 0.15) is 47.5 Å². The third-order valence-corrected chi connectivity index (χ3v) is 1.86. The van der Waals surface area contributed by atoms with E-state index in [0.29, 0.717) is 6.61 Å². The first kappa shape index (κ1) is 19.2. The van der Waals surface area contributed by atoms with Crippen molar-refractivity contribution in [3.8, 4) is 0 Å². The molecule has 0 saturated heterocycles. The molecule has 0 radical (unpaired) electrons. The summed E-state index contributed by atoms with van der Waals surface area (Å²) in [6.07, 6.45) is 1.87. The van der Waals surface area contributed by atoms with Gasteiger partial charge in [-0.25, -0.2) is 14.6 Å². The third kappa shape index (κ3) is 11.3. The van der Waals surface area contributed by atoms with E-state index in [9.17, 15) is 9.59 Å². The van der Waals surface area contributed by atoms with Gasteiger partial charge in [0.1, 0.15) is 0 Å². The van der Waals surface area contributed by atoms with Gasteiger partial charge in [0.05, 0.1) is 12.5 Å². The summed E-state index contributed by atoms with van der Waals surface area (Å²) in [7, 11) is 0. The van der Waals surface area contributed by atoms with Gasteiger partial charge in [-0.1, -0.05) is 27.2 Å². The van der Waals surface area contributed by atoms with Crippen molar-refractivity contribution in [1.82, 2.24) is 0 Å². The molecule has 0 amide bonds. The van der Waals surface area contributed by atoms with E-state index >= 15 is 0 Å². The van der Waals surface area contributed by atoms with Crippen LogP contribution in [0.4, 0.5) is 0 Å². The molecule has 0 saturated carbocycles. The van der Waals surface area contributed by atoms with Crippen LogP contribution in [0.25, 0.3) is 0 Å². The molecule has 2 N–H and O–H groups in total. The van der Waals surface area contributed by atoms with Gasteiger partial charge >= 0.3 is 11.9 Å². The van der Waals surface area contributed by atoms with E-state index in [1.54, 1.807) is 13.8 Å². The molecule has 0 atom stereocenters. The number of hydrogen-bond acceptors (Lipinski definition) is 4. The topological polar surface area (TPSA) is 93.1 Å². The lowest BCUT2D eigenvalue weighted by molar-refractivity contribution is -0.346. The second-order valence-corrected chi connectivity index (χ2v) is 4.57. The third-order valence-electron chi connectivity index (χ3n) is 1.86. The number of carboxylic acid groups (broad SMARTS) is 2. The van der Waals surface area contributed by atoms with Gasteiger partial charge in [-0.15, -0.1) is 0 Å². The highest BCUT2D eigenvalue weighted by atomic mass is 17.2. The van der Waals surface area contributed by atoms with Gasteiger partial charge in [0.25, 0.3) is 0 Å². The smallest absolute Gasteiger partial charge is 0.338 e. The van der Waals surface area contributed by atoms with E-state index < -0.39 is 17.5 Å². The fourth-order valence-corrected chi connectivity index (χ4v) is 0.428. The van der Waals surface area contributed by atoms with E-state index in [0.717, 1.165) is 12.8 Å². The second kappa shape index (κ2) is 9.85. The summed E-state index contributed by atoms with van der Waals surface area (Å²) >= 11 is 0. The fourth-order valence-electron chi connectivity index (χ4n) is 0.428. The summed E-state index contributed by atoms with van der Waals surface area (Å²) in [5.74, 6) is -2.00. The van der Waals surface area contributed by atoms with Crippen LogP contribution in [-0.2, 0) is 19.4 Å². The lowest BCUT2D eigenvalue weighted by Crippen LogP contribution is -2.34. The summed E-state index contributed by atoms with van der Waals surface area (Å²) in [6.45, 7) is 8.63. The van der Waals surface area contributed by atoms with Gasteiger partial charge in [0.15, 0.2) is 5.60 Å². The summed E-state index contributed by atoms with van der Waals surface area (Å²) in [5.41, 5.74) is -1.26. The Kier molecular flexibility index (Phi) is 10.5. The molecule has 0 aromatic heterocycles. The molecule has 108 valence electrons. The van der Waals surface area contributed by atoms with Crippen LogP contribution >= 0.6 is 0 Å². The van der Waals surface area contributed by atoms with Crippen LogP contribution in [0, 0.1) is 5.92 Å². The Labute approximate surface area is 108 Å². The van der Waals surface area contributed by atoms with Crippen molar-refractivity contribution in [3.05, 3.63) is 0 Å². The van der Waals surface area contributed by atoms with Gasteiger partial charge < -0.3 is 10.2 Å². The van der Waals surface area contributed by atoms with Crippen molar-refractivity contribution < 1.29 is 29.6 Å². The molecule has 0 unspecified atom stereocenters. The molecule has 0 fully saturated rings. The van der Waals surface area contributed by atoms with Crippen LogP contribution in [-0.4, -0.2) is 34.4 Å². The predicted molar refractivity (Wildman–Crippen MR) is 66.1 cm³/mol. The van der Waals surface area contributed by atoms with Gasteiger partial charge in [-0.2, -0.15) is 0 Å². The molecule has 0 aromatic carbocycles. The molecule has 0 aliphatic rings. The predicted octanol–water partition coefficient (Wildman–Crippen LogP) is 2.32.